The number of likely N-dealkylation sites (tertiary alicyclic amines) is 1. The van der Waals surface area contributed by atoms with Gasteiger partial charge in [0.05, 0.1) is 18.8 Å². The van der Waals surface area contributed by atoms with Crippen LogP contribution in [0.2, 0.25) is 0 Å². The fourth-order valence-electron chi connectivity index (χ4n) is 3.51. The highest BCUT2D eigenvalue weighted by Crippen LogP contribution is 2.18. The van der Waals surface area contributed by atoms with Gasteiger partial charge >= 0.3 is 6.03 Å². The van der Waals surface area contributed by atoms with Crippen molar-refractivity contribution in [2.75, 3.05) is 26.7 Å². The maximum absolute atomic E-state index is 13.1. The minimum Gasteiger partial charge on any atom is -0.493 e. The first-order valence-electron chi connectivity index (χ1n) is 10.7. The first kappa shape index (κ1) is 22.0. The van der Waals surface area contributed by atoms with Gasteiger partial charge in [-0.25, -0.2) is 4.79 Å². The first-order chi connectivity index (χ1) is 14.5. The molecule has 0 bridgehead atoms. The number of rotatable bonds is 8. The molecular weight excluding hydrogens is 378 g/mol. The lowest BCUT2D eigenvalue weighted by Gasteiger charge is -2.37. The van der Waals surface area contributed by atoms with E-state index in [-0.39, 0.29) is 12.1 Å². The molecule has 1 N–H and O–H groups in total. The molecule has 1 aliphatic rings. The van der Waals surface area contributed by atoms with Crippen LogP contribution in [0.25, 0.3) is 0 Å². The van der Waals surface area contributed by atoms with E-state index in [1.807, 2.05) is 41.3 Å². The van der Waals surface area contributed by atoms with E-state index in [4.69, 9.17) is 4.74 Å². The topological polar surface area (TPSA) is 70.6 Å². The molecule has 7 heteroatoms. The van der Waals surface area contributed by atoms with Crippen LogP contribution in [-0.2, 0) is 13.1 Å². The van der Waals surface area contributed by atoms with Crippen molar-refractivity contribution in [1.82, 2.24) is 25.3 Å². The second-order valence-corrected chi connectivity index (χ2v) is 8.38. The Balaban J connectivity index is 1.59. The van der Waals surface area contributed by atoms with Crippen LogP contribution in [0.15, 0.2) is 42.6 Å². The molecule has 0 aliphatic carbocycles. The normalized spacial score (nSPS) is 15.2. The summed E-state index contributed by atoms with van der Waals surface area (Å²) >= 11 is 0. The van der Waals surface area contributed by atoms with Crippen LogP contribution in [0.3, 0.4) is 0 Å². The second-order valence-electron chi connectivity index (χ2n) is 8.38. The molecule has 1 aromatic heterocycles. The van der Waals surface area contributed by atoms with Crippen molar-refractivity contribution >= 4 is 6.03 Å². The fraction of sp³-hybridized carbons (Fsp3) is 0.522. The molecular formula is C23H33N5O2. The summed E-state index contributed by atoms with van der Waals surface area (Å²) in [7, 11) is 2.12. The van der Waals surface area contributed by atoms with Crippen LogP contribution >= 0.6 is 0 Å². The van der Waals surface area contributed by atoms with Crippen molar-refractivity contribution in [1.29, 1.82) is 0 Å². The number of urea groups is 1. The zero-order valence-corrected chi connectivity index (χ0v) is 18.3. The Morgan fingerprint density at radius 3 is 2.60 bits per heavy atom. The van der Waals surface area contributed by atoms with Crippen LogP contribution in [0.4, 0.5) is 4.79 Å². The molecule has 1 aromatic carbocycles. The maximum atomic E-state index is 13.1. The third kappa shape index (κ3) is 6.69. The van der Waals surface area contributed by atoms with Crippen molar-refractivity contribution in [3.05, 3.63) is 53.9 Å². The number of carbonyl (C=O) groups is 1. The molecule has 3 rings (SSSR count). The summed E-state index contributed by atoms with van der Waals surface area (Å²) in [6.07, 6.45) is 3.58. The zero-order chi connectivity index (χ0) is 21.3. The van der Waals surface area contributed by atoms with E-state index in [9.17, 15) is 4.79 Å². The van der Waals surface area contributed by atoms with Gasteiger partial charge in [0.15, 0.2) is 0 Å². The summed E-state index contributed by atoms with van der Waals surface area (Å²) in [5.74, 6) is 1.35. The number of carbonyl (C=O) groups excluding carboxylic acids is 1. The Bertz CT molecular complexity index is 774. The van der Waals surface area contributed by atoms with Crippen molar-refractivity contribution in [3.8, 4) is 5.75 Å². The van der Waals surface area contributed by atoms with Crippen molar-refractivity contribution in [2.24, 2.45) is 5.92 Å². The maximum Gasteiger partial charge on any atom is 0.318 e. The van der Waals surface area contributed by atoms with Crippen LogP contribution < -0.4 is 10.1 Å². The molecule has 0 unspecified atom stereocenters. The average molecular weight is 412 g/mol. The molecule has 2 amide bonds. The standard InChI is InChI=1S/C23H33N5O2/c1-18(2)17-30-22-8-6-19(7-9-22)15-24-23(29)28(16-20-5-4-12-25-26-20)21-10-13-27(3)14-11-21/h4-9,12,18,21H,10-11,13-17H2,1-3H3,(H,24,29). The Labute approximate surface area is 179 Å². The molecule has 0 atom stereocenters. The second kappa shape index (κ2) is 10.9. The third-order valence-corrected chi connectivity index (χ3v) is 5.30. The van der Waals surface area contributed by atoms with Gasteiger partial charge in [-0.15, -0.1) is 0 Å². The summed E-state index contributed by atoms with van der Waals surface area (Å²) in [5, 5.41) is 11.2. The number of hydrogen-bond donors (Lipinski definition) is 1. The Kier molecular flexibility index (Phi) is 8.02. The predicted molar refractivity (Wildman–Crippen MR) is 117 cm³/mol. The monoisotopic (exact) mass is 411 g/mol. The lowest BCUT2D eigenvalue weighted by atomic mass is 10.0. The van der Waals surface area contributed by atoms with E-state index in [1.165, 1.54) is 0 Å². The summed E-state index contributed by atoms with van der Waals surface area (Å²) in [6, 6.07) is 11.8. The quantitative estimate of drug-likeness (QED) is 0.722. The van der Waals surface area contributed by atoms with Gasteiger partial charge in [0.2, 0.25) is 0 Å². The van der Waals surface area contributed by atoms with Gasteiger partial charge < -0.3 is 19.9 Å². The number of nitrogens with one attached hydrogen (secondary N) is 1. The SMILES string of the molecule is CC(C)COc1ccc(CNC(=O)N(Cc2cccnn2)C2CCN(C)CC2)cc1. The molecule has 0 radical (unpaired) electrons. The Morgan fingerprint density at radius 2 is 1.97 bits per heavy atom. The van der Waals surface area contributed by atoms with Gasteiger partial charge in [-0.05, 0) is 68.7 Å². The minimum absolute atomic E-state index is 0.0599. The fourth-order valence-corrected chi connectivity index (χ4v) is 3.51. The molecule has 0 saturated carbocycles. The highest BCUT2D eigenvalue weighted by atomic mass is 16.5. The highest BCUT2D eigenvalue weighted by Gasteiger charge is 2.27. The summed E-state index contributed by atoms with van der Waals surface area (Å²) in [6.45, 7) is 7.88. The highest BCUT2D eigenvalue weighted by molar-refractivity contribution is 5.74. The van der Waals surface area contributed by atoms with E-state index >= 15 is 0 Å². The van der Waals surface area contributed by atoms with Crippen molar-refractivity contribution in [3.63, 3.8) is 0 Å². The number of amides is 2. The lowest BCUT2D eigenvalue weighted by Crippen LogP contribution is -2.49. The molecule has 0 spiro atoms. The van der Waals surface area contributed by atoms with Crippen molar-refractivity contribution < 1.29 is 9.53 Å². The smallest absolute Gasteiger partial charge is 0.318 e. The number of piperidine rings is 1. The summed E-state index contributed by atoms with van der Waals surface area (Å²) < 4.78 is 5.73. The molecule has 2 aromatic rings. The number of ether oxygens (including phenoxy) is 1. The molecule has 7 nitrogen and oxygen atoms in total. The van der Waals surface area contributed by atoms with Gasteiger partial charge in [-0.1, -0.05) is 26.0 Å². The zero-order valence-electron chi connectivity index (χ0n) is 18.3. The molecule has 30 heavy (non-hydrogen) atoms. The van der Waals surface area contributed by atoms with Gasteiger partial charge in [-0.2, -0.15) is 10.2 Å². The largest absolute Gasteiger partial charge is 0.493 e. The lowest BCUT2D eigenvalue weighted by molar-refractivity contribution is 0.126. The number of benzene rings is 1. The summed E-state index contributed by atoms with van der Waals surface area (Å²) in [4.78, 5) is 17.3. The summed E-state index contributed by atoms with van der Waals surface area (Å²) in [5.41, 5.74) is 1.85. The van der Waals surface area contributed by atoms with Crippen molar-refractivity contribution in [2.45, 2.75) is 45.8 Å². The molecule has 162 valence electrons. The van der Waals surface area contributed by atoms with Crippen LogP contribution in [0.5, 0.6) is 5.75 Å². The van der Waals surface area contributed by atoms with Crippen LogP contribution in [0, 0.1) is 5.92 Å². The van der Waals surface area contributed by atoms with Crippen LogP contribution in [0.1, 0.15) is 37.9 Å². The number of hydrogen-bond acceptors (Lipinski definition) is 5. The molecule has 1 saturated heterocycles. The Hall–Kier alpha value is -2.67. The van der Waals surface area contributed by atoms with E-state index < -0.39 is 0 Å². The van der Waals surface area contributed by atoms with E-state index in [2.05, 4.69) is 41.3 Å². The van der Waals surface area contributed by atoms with E-state index in [0.29, 0.717) is 25.6 Å². The minimum atomic E-state index is -0.0599. The first-order valence-corrected chi connectivity index (χ1v) is 10.7. The molecule has 1 fully saturated rings. The third-order valence-electron chi connectivity index (χ3n) is 5.30. The average Bonchev–Trinajstić information content (AvgIpc) is 2.76. The Morgan fingerprint density at radius 1 is 1.23 bits per heavy atom. The number of aromatic nitrogens is 2. The van der Waals surface area contributed by atoms with Gasteiger partial charge in [0.1, 0.15) is 5.75 Å². The van der Waals surface area contributed by atoms with E-state index in [1.54, 1.807) is 6.20 Å². The van der Waals surface area contributed by atoms with Crippen LogP contribution in [-0.4, -0.2) is 58.8 Å². The van der Waals surface area contributed by atoms with E-state index in [0.717, 1.165) is 42.9 Å². The van der Waals surface area contributed by atoms with Gasteiger partial charge in [0, 0.05) is 18.8 Å². The number of nitrogens with zero attached hydrogens (tertiary/aromatic N) is 4. The molecule has 1 aliphatic heterocycles. The van der Waals surface area contributed by atoms with Gasteiger partial charge in [0.25, 0.3) is 0 Å². The molecule has 2 heterocycles. The van der Waals surface area contributed by atoms with Gasteiger partial charge in [-0.3, -0.25) is 0 Å². The predicted octanol–water partition coefficient (Wildman–Crippen LogP) is 3.32.